The van der Waals surface area contributed by atoms with Crippen LogP contribution in [0.3, 0.4) is 0 Å². The van der Waals surface area contributed by atoms with Crippen molar-refractivity contribution in [2.24, 2.45) is 22.4 Å². The molecule has 0 fully saturated rings. The Morgan fingerprint density at radius 2 is 1.42 bits per heavy atom. The number of aliphatic imine (C=N–C) groups is 1. The van der Waals surface area contributed by atoms with Gasteiger partial charge in [0.1, 0.15) is 18.1 Å². The van der Waals surface area contributed by atoms with Crippen LogP contribution in [0.1, 0.15) is 42.6 Å². The first-order valence-electron chi connectivity index (χ1n) is 15.1. The zero-order valence-electron chi connectivity index (χ0n) is 26.7. The molecule has 0 aliphatic carbocycles. The molecule has 0 aliphatic rings. The molecule has 48 heavy (non-hydrogen) atoms. The van der Waals surface area contributed by atoms with Crippen LogP contribution in [-0.2, 0) is 20.8 Å². The number of carboxylic acids is 1. The molecule has 0 spiro atoms. The highest BCUT2D eigenvalue weighted by Gasteiger charge is 2.31. The van der Waals surface area contributed by atoms with Crippen molar-refractivity contribution in [1.82, 2.24) is 16.0 Å². The number of carbonyl (C=O) groups is 4. The van der Waals surface area contributed by atoms with E-state index >= 15 is 0 Å². The lowest BCUT2D eigenvalue weighted by molar-refractivity contribution is -0.384. The summed E-state index contributed by atoms with van der Waals surface area (Å²) >= 11 is 0. The highest BCUT2D eigenvalue weighted by atomic mass is 16.6. The van der Waals surface area contributed by atoms with Crippen LogP contribution in [0.5, 0.6) is 0 Å². The number of nitrogens with one attached hydrogen (secondary N) is 3. The molecule has 0 bridgehead atoms. The molecule has 3 amide bonds. The van der Waals surface area contributed by atoms with Crippen molar-refractivity contribution in [1.29, 1.82) is 0 Å². The van der Waals surface area contributed by atoms with Gasteiger partial charge in [-0.2, -0.15) is 0 Å². The number of amides is 3. The molecule has 3 unspecified atom stereocenters. The molecule has 0 aromatic heterocycles. The van der Waals surface area contributed by atoms with Crippen molar-refractivity contribution < 1.29 is 29.2 Å². The molecule has 0 heterocycles. The number of guanidine groups is 1. The molecule has 3 rings (SSSR count). The predicted molar refractivity (Wildman–Crippen MR) is 182 cm³/mol. The maximum atomic E-state index is 13.4. The fourth-order valence-corrected chi connectivity index (χ4v) is 4.30. The van der Waals surface area contributed by atoms with Crippen LogP contribution in [0, 0.1) is 16.0 Å². The minimum Gasteiger partial charge on any atom is -0.480 e. The first-order valence-corrected chi connectivity index (χ1v) is 15.1. The summed E-state index contributed by atoms with van der Waals surface area (Å²) in [6.45, 7) is 3.68. The molecule has 15 nitrogen and oxygen atoms in total. The maximum absolute atomic E-state index is 13.4. The number of hydrogen-bond donors (Lipinski definition) is 7. The van der Waals surface area contributed by atoms with E-state index in [9.17, 15) is 34.4 Å². The van der Waals surface area contributed by atoms with E-state index in [4.69, 9.17) is 17.2 Å². The first-order chi connectivity index (χ1) is 22.8. The summed E-state index contributed by atoms with van der Waals surface area (Å²) in [4.78, 5) is 64.4. The quantitative estimate of drug-likeness (QED) is 0.0311. The number of nitrogens with two attached hydrogens (primary N) is 3. The Morgan fingerprint density at radius 3 is 1.94 bits per heavy atom. The highest BCUT2D eigenvalue weighted by molar-refractivity contribution is 5.98. The lowest BCUT2D eigenvalue weighted by atomic mass is 10.00. The van der Waals surface area contributed by atoms with E-state index in [0.717, 1.165) is 5.56 Å². The summed E-state index contributed by atoms with van der Waals surface area (Å²) in [6, 6.07) is 20.2. The summed E-state index contributed by atoms with van der Waals surface area (Å²) in [5.74, 6) is -3.32. The molecular weight excluding hydrogens is 620 g/mol. The molecule has 3 atom stereocenters. The standard InChI is InChI=1S/C27H36N6O5.C6H6N2O2/c1-17(2)22(25(36)31-20(26(37)38)14-9-15-30-27(28)29)33-24(35)21(16-18-10-5-3-6-11-18)32-23(34)19-12-7-4-8-13-19;7-5-1-3-6(4-2-5)8(9)10/h3-8,10-13,17,20-22H,9,14-16H2,1-2H3,(H,31,36)(H,32,34)(H,33,35)(H,37,38)(H4,28,29,30);1-4H,7H2. The lowest BCUT2D eigenvalue weighted by Gasteiger charge is -2.26. The van der Waals surface area contributed by atoms with E-state index in [1.54, 1.807) is 44.2 Å². The fraction of sp³-hybridized carbons (Fsp3) is 0.303. The molecule has 0 saturated carbocycles. The van der Waals surface area contributed by atoms with Crippen molar-refractivity contribution in [3.63, 3.8) is 0 Å². The van der Waals surface area contributed by atoms with Gasteiger partial charge in [0.05, 0.1) is 4.92 Å². The van der Waals surface area contributed by atoms with Crippen LogP contribution in [0.15, 0.2) is 89.9 Å². The maximum Gasteiger partial charge on any atom is 0.326 e. The van der Waals surface area contributed by atoms with Gasteiger partial charge in [0.25, 0.3) is 11.6 Å². The molecular formula is C33H42N8O7. The number of nitrogens with zero attached hydrogens (tertiary/aromatic N) is 2. The number of anilines is 1. The summed E-state index contributed by atoms with van der Waals surface area (Å²) in [6.07, 6.45) is 0.624. The van der Waals surface area contributed by atoms with Crippen LogP contribution in [-0.4, -0.2) is 64.4 Å². The second-order valence-electron chi connectivity index (χ2n) is 11.0. The number of carbonyl (C=O) groups excluding carboxylic acids is 3. The van der Waals surface area contributed by atoms with Crippen molar-refractivity contribution in [2.45, 2.75) is 51.2 Å². The number of nitro groups is 1. The third-order valence-corrected chi connectivity index (χ3v) is 6.85. The van der Waals surface area contributed by atoms with Crippen molar-refractivity contribution in [3.8, 4) is 0 Å². The van der Waals surface area contributed by atoms with E-state index in [1.807, 2.05) is 30.3 Å². The topological polar surface area (TPSA) is 258 Å². The Hall–Kier alpha value is -5.99. The number of aliphatic carboxylic acids is 1. The predicted octanol–water partition coefficient (Wildman–Crippen LogP) is 1.97. The number of non-ortho nitro benzene ring substituents is 1. The van der Waals surface area contributed by atoms with Gasteiger partial charge in [-0.3, -0.25) is 29.5 Å². The zero-order chi connectivity index (χ0) is 35.6. The van der Waals surface area contributed by atoms with Gasteiger partial charge in [-0.1, -0.05) is 62.4 Å². The van der Waals surface area contributed by atoms with Gasteiger partial charge < -0.3 is 38.3 Å². The second-order valence-corrected chi connectivity index (χ2v) is 11.0. The zero-order valence-corrected chi connectivity index (χ0v) is 26.7. The number of carboxylic acid groups (broad SMARTS) is 1. The summed E-state index contributed by atoms with van der Waals surface area (Å²) in [7, 11) is 0. The van der Waals surface area contributed by atoms with E-state index < -0.39 is 46.7 Å². The highest BCUT2D eigenvalue weighted by Crippen LogP contribution is 2.12. The molecule has 0 aliphatic heterocycles. The van der Waals surface area contributed by atoms with Gasteiger partial charge in [0, 0.05) is 36.3 Å². The molecule has 0 saturated heterocycles. The van der Waals surface area contributed by atoms with Crippen molar-refractivity contribution in [3.05, 3.63) is 106 Å². The van der Waals surface area contributed by atoms with Gasteiger partial charge in [0.2, 0.25) is 11.8 Å². The number of nitrogen functional groups attached to an aromatic ring is 1. The molecule has 3 aromatic carbocycles. The Labute approximate surface area is 278 Å². The Morgan fingerprint density at radius 1 is 0.833 bits per heavy atom. The average Bonchev–Trinajstić information content (AvgIpc) is 3.05. The monoisotopic (exact) mass is 662 g/mol. The average molecular weight is 663 g/mol. The number of nitro benzene ring substituents is 1. The van der Waals surface area contributed by atoms with Gasteiger partial charge >= 0.3 is 5.97 Å². The third-order valence-electron chi connectivity index (χ3n) is 6.85. The Kier molecular flexibility index (Phi) is 15.5. The molecule has 10 N–H and O–H groups in total. The normalized spacial score (nSPS) is 12.2. The summed E-state index contributed by atoms with van der Waals surface area (Å²) in [5.41, 5.74) is 17.7. The SMILES string of the molecule is CC(C)C(NC(=O)C(Cc1ccccc1)NC(=O)c1ccccc1)C(=O)NC(CCCN=C(N)N)C(=O)O.Nc1ccc([N+](=O)[O-])cc1. The Balaban J connectivity index is 0.000000680. The first kappa shape index (κ1) is 38.2. The number of benzene rings is 3. The van der Waals surface area contributed by atoms with E-state index in [2.05, 4.69) is 20.9 Å². The van der Waals surface area contributed by atoms with Crippen LogP contribution >= 0.6 is 0 Å². The fourth-order valence-electron chi connectivity index (χ4n) is 4.30. The molecule has 3 aromatic rings. The lowest BCUT2D eigenvalue weighted by Crippen LogP contribution is -2.57. The minimum absolute atomic E-state index is 0.0641. The van der Waals surface area contributed by atoms with Crippen LogP contribution in [0.2, 0.25) is 0 Å². The van der Waals surface area contributed by atoms with Crippen LogP contribution in [0.4, 0.5) is 11.4 Å². The largest absolute Gasteiger partial charge is 0.480 e. The van der Waals surface area contributed by atoms with Crippen molar-refractivity contribution >= 4 is 41.0 Å². The second kappa shape index (κ2) is 19.5. The third kappa shape index (κ3) is 13.6. The van der Waals surface area contributed by atoms with E-state index in [1.165, 1.54) is 24.3 Å². The number of rotatable bonds is 15. The summed E-state index contributed by atoms with van der Waals surface area (Å²) in [5, 5.41) is 27.6. The van der Waals surface area contributed by atoms with Gasteiger partial charge in [-0.05, 0) is 48.6 Å². The smallest absolute Gasteiger partial charge is 0.326 e. The molecule has 256 valence electrons. The van der Waals surface area contributed by atoms with Crippen molar-refractivity contribution in [2.75, 3.05) is 12.3 Å². The van der Waals surface area contributed by atoms with Gasteiger partial charge in [0.15, 0.2) is 5.96 Å². The minimum atomic E-state index is -1.21. The van der Waals surface area contributed by atoms with Gasteiger partial charge in [-0.15, -0.1) is 0 Å². The van der Waals surface area contributed by atoms with Gasteiger partial charge in [-0.25, -0.2) is 4.79 Å². The van der Waals surface area contributed by atoms with E-state index in [0.29, 0.717) is 17.7 Å². The summed E-state index contributed by atoms with van der Waals surface area (Å²) < 4.78 is 0. The van der Waals surface area contributed by atoms with E-state index in [-0.39, 0.29) is 37.0 Å². The number of hydrogen-bond acceptors (Lipinski definition) is 8. The van der Waals surface area contributed by atoms with Crippen LogP contribution < -0.4 is 33.2 Å². The van der Waals surface area contributed by atoms with Crippen LogP contribution in [0.25, 0.3) is 0 Å². The Bertz CT molecular complexity index is 1530. The molecule has 15 heteroatoms. The molecule has 0 radical (unpaired) electrons.